The first-order chi connectivity index (χ1) is 38.6. The van der Waals surface area contributed by atoms with Crippen molar-refractivity contribution in [3.8, 4) is 0 Å². The van der Waals surface area contributed by atoms with Crippen LogP contribution in [0.4, 0.5) is 0 Å². The van der Waals surface area contributed by atoms with Crippen molar-refractivity contribution in [2.45, 2.75) is 225 Å². The lowest BCUT2D eigenvalue weighted by Gasteiger charge is -2.51. The van der Waals surface area contributed by atoms with Gasteiger partial charge >= 0.3 is 5.97 Å². The third kappa shape index (κ3) is 15.7. The fraction of sp³-hybridized carbons (Fsp3) is 0.894. The molecule has 0 radical (unpaired) electrons. The van der Waals surface area contributed by atoms with Crippen LogP contribution >= 0.6 is 0 Å². The number of nitrogens with two attached hydrogens (primary N) is 1. The zero-order chi connectivity index (χ0) is 60.8. The number of methoxy groups -OCH3 is 1. The summed E-state index contributed by atoms with van der Waals surface area (Å²) in [6.07, 6.45) is -42.0. The molecule has 0 unspecified atom stereocenters. The minimum atomic E-state index is -2.03. The lowest BCUT2D eigenvalue weighted by Crippen LogP contribution is -2.72. The summed E-state index contributed by atoms with van der Waals surface area (Å²) < 4.78 is 75.9. The van der Waals surface area contributed by atoms with E-state index in [-0.39, 0.29) is 0 Å². The summed E-state index contributed by atoms with van der Waals surface area (Å²) >= 11 is 0. The molecule has 0 aromatic rings. The predicted octanol–water partition coefficient (Wildman–Crippen LogP) is -11.3. The Labute approximate surface area is 468 Å². The number of rotatable bonds is 21. The number of carbonyl (C=O) groups is 5. The van der Waals surface area contributed by atoms with Gasteiger partial charge in [0.2, 0.25) is 23.6 Å². The van der Waals surface area contributed by atoms with Gasteiger partial charge in [-0.3, -0.25) is 24.0 Å². The number of carbonyl (C=O) groups excluding carboxylic acids is 5. The monoisotopic (exact) mass is 1190 g/mol. The van der Waals surface area contributed by atoms with E-state index in [1.165, 1.54) is 14.0 Å². The first-order valence-corrected chi connectivity index (χ1v) is 26.3. The third-order valence-corrected chi connectivity index (χ3v) is 14.6. The van der Waals surface area contributed by atoms with E-state index < -0.39 is 247 Å². The second-order valence-electron chi connectivity index (χ2n) is 20.6. The van der Waals surface area contributed by atoms with Gasteiger partial charge in [0.25, 0.3) is 0 Å². The molecule has 0 saturated carbocycles. The number of esters is 1. The maximum Gasteiger partial charge on any atom is 0.302 e. The Morgan fingerprint density at radius 2 is 0.805 bits per heavy atom. The maximum absolute atomic E-state index is 12.8. The second kappa shape index (κ2) is 29.6. The van der Waals surface area contributed by atoms with Crippen LogP contribution in [-0.2, 0) is 85.6 Å². The largest absolute Gasteiger partial charge is 0.463 e. The van der Waals surface area contributed by atoms with Crippen molar-refractivity contribution in [3.63, 3.8) is 0 Å². The minimum absolute atomic E-state index is 0.558. The van der Waals surface area contributed by atoms with E-state index >= 15 is 0 Å². The SMILES string of the molecule is CO[C@@H]1[C@H](OC[C@H]2O[C@@H](O)[C@H](NC(C)=O)[C@@H](O)[C@@H]2O[C@@H]2O[C@H](CO)[C@@H](O[C@@H]3O[C@H](CO)[C@@H](O[C@@H]4O[C@H](CO)[C@@H](O[C@@H]5O[C@H](COC(C)=O)[C@@H](O)[C@H](O)[C@H]5N)[C@H](O)[C@H]4NC(C)=O)[C@H](O)[C@H]3NC(C)=O)[C@H](O)[C@H]2NC(C)=O)O[C@@H](C)[C@@H](O)[C@H]1O. The minimum Gasteiger partial charge on any atom is -0.463 e. The normalized spacial score (nSPS) is 45.3. The topological polar surface area (TPSA) is 522 Å². The van der Waals surface area contributed by atoms with Crippen molar-refractivity contribution in [2.24, 2.45) is 5.73 Å². The third-order valence-electron chi connectivity index (χ3n) is 14.6. The van der Waals surface area contributed by atoms with Gasteiger partial charge in [-0.05, 0) is 6.92 Å². The standard InChI is InChI=1S/C47H79N5O30/c1-13-29(61)36(68)41(70-7)47(73-13)72-12-23-40(32(64)25(42(69)74-23)49-14(2)56)82-46-28(52-17(5)59)35(67)39(21(10-55)77-46)81-45-27(51-16(4)58)34(66)38(20(9-54)76-45)80-44-26(50-15(3)57)33(65)37(19(8-53)75-44)79-43-24(48)31(63)30(62)22(78-43)11-71-18(6)60/h13,19-47,53-55,61-69H,8-12,48H2,1-7H3,(H,49,56)(H,50,57)(H,51,58)(H,52,59)/t13-,19+,20+,21+,22+,23+,24+,25+,26+,27+,28+,29+,30+,31+,32+,33+,34+,35+,36+,37+,38+,39+,40+,41-,42+,43-,44-,45-,46-,47+/m0/s1. The van der Waals surface area contributed by atoms with Gasteiger partial charge in [-0.1, -0.05) is 0 Å². The highest BCUT2D eigenvalue weighted by atomic mass is 16.8. The molecule has 472 valence electrons. The zero-order valence-corrected chi connectivity index (χ0v) is 45.6. The van der Waals surface area contributed by atoms with E-state index in [2.05, 4.69) is 21.3 Å². The van der Waals surface area contributed by atoms with Crippen molar-refractivity contribution in [1.29, 1.82) is 0 Å². The van der Waals surface area contributed by atoms with Crippen LogP contribution in [0.1, 0.15) is 41.5 Å². The van der Waals surface area contributed by atoms with Crippen molar-refractivity contribution in [1.82, 2.24) is 21.3 Å². The molecule has 0 spiro atoms. The number of amides is 4. The summed E-state index contributed by atoms with van der Waals surface area (Å²) in [4.78, 5) is 62.0. The number of nitrogens with one attached hydrogen (secondary N) is 4. The van der Waals surface area contributed by atoms with Crippen LogP contribution in [0.5, 0.6) is 0 Å². The van der Waals surface area contributed by atoms with Crippen LogP contribution in [0.15, 0.2) is 0 Å². The number of hydrogen-bond acceptors (Lipinski definition) is 31. The van der Waals surface area contributed by atoms with Crippen molar-refractivity contribution in [2.75, 3.05) is 40.1 Å². The lowest BCUT2D eigenvalue weighted by atomic mass is 9.93. The molecule has 6 fully saturated rings. The Morgan fingerprint density at radius 1 is 0.427 bits per heavy atom. The van der Waals surface area contributed by atoms with Crippen molar-refractivity contribution >= 4 is 29.6 Å². The maximum atomic E-state index is 12.8. The van der Waals surface area contributed by atoms with Gasteiger partial charge in [-0.2, -0.15) is 0 Å². The molecule has 6 aliphatic rings. The zero-order valence-electron chi connectivity index (χ0n) is 45.6. The summed E-state index contributed by atoms with van der Waals surface area (Å²) in [5.74, 6) is -3.90. The van der Waals surface area contributed by atoms with Crippen molar-refractivity contribution in [3.05, 3.63) is 0 Å². The van der Waals surface area contributed by atoms with E-state index in [1.807, 2.05) is 0 Å². The van der Waals surface area contributed by atoms with E-state index in [0.29, 0.717) is 0 Å². The Hall–Kier alpha value is -3.65. The summed E-state index contributed by atoms with van der Waals surface area (Å²) in [7, 11) is 1.21. The van der Waals surface area contributed by atoms with Crippen LogP contribution in [0, 0.1) is 0 Å². The number of hydrogen-bond donors (Lipinski definition) is 17. The van der Waals surface area contributed by atoms with Crippen LogP contribution in [0.25, 0.3) is 0 Å². The average molecular weight is 1190 g/mol. The average Bonchev–Trinajstić information content (AvgIpc) is 3.59. The molecule has 18 N–H and O–H groups in total. The molecule has 0 aromatic heterocycles. The van der Waals surface area contributed by atoms with Gasteiger partial charge in [-0.15, -0.1) is 0 Å². The van der Waals surface area contributed by atoms with Gasteiger partial charge < -0.3 is 150 Å². The molecule has 6 saturated heterocycles. The molecule has 6 heterocycles. The Balaban J connectivity index is 1.23. The van der Waals surface area contributed by atoms with Crippen LogP contribution in [0.3, 0.4) is 0 Å². The molecule has 82 heavy (non-hydrogen) atoms. The lowest BCUT2D eigenvalue weighted by molar-refractivity contribution is -0.368. The Morgan fingerprint density at radius 3 is 1.20 bits per heavy atom. The molecule has 6 rings (SSSR count). The molecular weight excluding hydrogens is 1110 g/mol. The molecule has 0 aromatic carbocycles. The van der Waals surface area contributed by atoms with Crippen molar-refractivity contribution < 1.29 is 147 Å². The van der Waals surface area contributed by atoms with Gasteiger partial charge in [0.05, 0.1) is 38.6 Å². The number of ether oxygens (including phenoxy) is 13. The quantitative estimate of drug-likeness (QED) is 0.0475. The molecule has 0 bridgehead atoms. The first kappa shape index (κ1) is 67.5. The van der Waals surface area contributed by atoms with E-state index in [4.69, 9.17) is 67.3 Å². The summed E-state index contributed by atoms with van der Waals surface area (Å²) in [5, 5.41) is 143. The number of aliphatic hydroxyl groups excluding tert-OH is 12. The molecule has 30 atom stereocenters. The first-order valence-electron chi connectivity index (χ1n) is 26.3. The molecule has 35 heteroatoms. The van der Waals surface area contributed by atoms with Gasteiger partial charge in [0.15, 0.2) is 37.7 Å². The second-order valence-corrected chi connectivity index (χ2v) is 20.6. The fourth-order valence-electron chi connectivity index (χ4n) is 10.5. The van der Waals surface area contributed by atoms with Gasteiger partial charge in [0.1, 0.15) is 141 Å². The van der Waals surface area contributed by atoms with Gasteiger partial charge in [-0.25, -0.2) is 0 Å². The van der Waals surface area contributed by atoms with E-state index in [1.54, 1.807) is 0 Å². The highest BCUT2D eigenvalue weighted by Crippen LogP contribution is 2.36. The van der Waals surface area contributed by atoms with E-state index in [9.17, 15) is 85.3 Å². The fourth-order valence-corrected chi connectivity index (χ4v) is 10.5. The molecule has 6 aliphatic heterocycles. The molecule has 0 aliphatic carbocycles. The molecular formula is C47H79N5O30. The predicted molar refractivity (Wildman–Crippen MR) is 260 cm³/mol. The van der Waals surface area contributed by atoms with E-state index in [0.717, 1.165) is 34.6 Å². The highest BCUT2D eigenvalue weighted by Gasteiger charge is 2.58. The summed E-state index contributed by atoms with van der Waals surface area (Å²) in [6, 6.07) is -8.26. The van der Waals surface area contributed by atoms with Crippen LogP contribution in [0.2, 0.25) is 0 Å². The highest BCUT2D eigenvalue weighted by molar-refractivity contribution is 5.74. The van der Waals surface area contributed by atoms with Crippen LogP contribution in [-0.4, -0.2) is 315 Å². The van der Waals surface area contributed by atoms with Crippen LogP contribution < -0.4 is 27.0 Å². The smallest absolute Gasteiger partial charge is 0.302 e. The number of aliphatic hydroxyl groups is 12. The Kier molecular flexibility index (Phi) is 24.4. The Bertz CT molecular complexity index is 2110. The van der Waals surface area contributed by atoms with Gasteiger partial charge in [0, 0.05) is 41.7 Å². The summed E-state index contributed by atoms with van der Waals surface area (Å²) in [5.41, 5.74) is 6.12. The molecule has 4 amide bonds. The summed E-state index contributed by atoms with van der Waals surface area (Å²) in [6.45, 7) is 2.55. The molecule has 35 nitrogen and oxygen atoms in total.